The summed E-state index contributed by atoms with van der Waals surface area (Å²) in [5, 5.41) is 23.3. The standard InChI is InChI=1S/C20H19N3O3/c1-14-4-5-15(12-18(14)23(25)26)19(24)22-17-8-6-16(7-9-17)20(13-21)10-2-3-11-20/h4-9,12H,2-3,10-11H2,1H3,(H,22,24). The Balaban J connectivity index is 1.77. The van der Waals surface area contributed by atoms with E-state index in [2.05, 4.69) is 11.4 Å². The maximum atomic E-state index is 12.4. The van der Waals surface area contributed by atoms with Crippen LogP contribution in [-0.4, -0.2) is 10.8 Å². The Morgan fingerprint density at radius 3 is 2.42 bits per heavy atom. The van der Waals surface area contributed by atoms with Crippen LogP contribution in [0.4, 0.5) is 11.4 Å². The highest BCUT2D eigenvalue weighted by Gasteiger charge is 2.35. The molecular weight excluding hydrogens is 330 g/mol. The minimum atomic E-state index is -0.496. The zero-order valence-corrected chi connectivity index (χ0v) is 14.5. The molecule has 2 aromatic rings. The van der Waals surface area contributed by atoms with Gasteiger partial charge < -0.3 is 5.32 Å². The molecule has 0 aliphatic heterocycles. The first-order chi connectivity index (χ1) is 12.4. The second-order valence-corrected chi connectivity index (χ2v) is 6.69. The van der Waals surface area contributed by atoms with Crippen molar-refractivity contribution in [2.75, 3.05) is 5.32 Å². The molecule has 0 bridgehead atoms. The SMILES string of the molecule is Cc1ccc(C(=O)Nc2ccc(C3(C#N)CCCC3)cc2)cc1[N+](=O)[O-]. The third kappa shape index (κ3) is 3.29. The van der Waals surface area contributed by atoms with E-state index in [1.54, 1.807) is 31.2 Å². The number of aryl methyl sites for hydroxylation is 1. The Kier molecular flexibility index (Phi) is 4.72. The van der Waals surface area contributed by atoms with Crippen LogP contribution in [0, 0.1) is 28.4 Å². The van der Waals surface area contributed by atoms with Gasteiger partial charge in [0, 0.05) is 22.9 Å². The van der Waals surface area contributed by atoms with Gasteiger partial charge in [-0.25, -0.2) is 0 Å². The van der Waals surface area contributed by atoms with Gasteiger partial charge in [-0.2, -0.15) is 5.26 Å². The summed E-state index contributed by atoms with van der Waals surface area (Å²) in [6, 6.07) is 14.2. The van der Waals surface area contributed by atoms with Crippen molar-refractivity contribution in [3.63, 3.8) is 0 Å². The van der Waals surface area contributed by atoms with Crippen LogP contribution >= 0.6 is 0 Å². The van der Waals surface area contributed by atoms with E-state index in [-0.39, 0.29) is 11.3 Å². The molecule has 1 fully saturated rings. The number of carbonyl (C=O) groups is 1. The lowest BCUT2D eigenvalue weighted by atomic mass is 9.80. The number of amides is 1. The van der Waals surface area contributed by atoms with Gasteiger partial charge in [0.1, 0.15) is 0 Å². The zero-order chi connectivity index (χ0) is 18.7. The molecule has 1 aliphatic rings. The number of nitro benzene ring substituents is 1. The van der Waals surface area contributed by atoms with Gasteiger partial charge >= 0.3 is 0 Å². The predicted octanol–water partition coefficient (Wildman–Crippen LogP) is 4.49. The molecule has 0 heterocycles. The van der Waals surface area contributed by atoms with Gasteiger partial charge in [-0.05, 0) is 43.5 Å². The predicted molar refractivity (Wildman–Crippen MR) is 98.0 cm³/mol. The van der Waals surface area contributed by atoms with Gasteiger partial charge in [0.15, 0.2) is 0 Å². The van der Waals surface area contributed by atoms with Crippen molar-refractivity contribution in [1.29, 1.82) is 5.26 Å². The van der Waals surface area contributed by atoms with Crippen molar-refractivity contribution < 1.29 is 9.72 Å². The molecule has 1 aliphatic carbocycles. The smallest absolute Gasteiger partial charge is 0.273 e. The first kappa shape index (κ1) is 17.6. The minimum absolute atomic E-state index is 0.0785. The van der Waals surface area contributed by atoms with Crippen molar-refractivity contribution in [3.8, 4) is 6.07 Å². The third-order valence-electron chi connectivity index (χ3n) is 5.03. The van der Waals surface area contributed by atoms with Crippen LogP contribution in [0.15, 0.2) is 42.5 Å². The summed E-state index contributed by atoms with van der Waals surface area (Å²) >= 11 is 0. The number of nitrogens with one attached hydrogen (secondary N) is 1. The van der Waals surface area contributed by atoms with Crippen molar-refractivity contribution in [2.45, 2.75) is 38.0 Å². The molecule has 0 saturated heterocycles. The van der Waals surface area contributed by atoms with Crippen LogP contribution in [-0.2, 0) is 5.41 Å². The van der Waals surface area contributed by atoms with Crippen molar-refractivity contribution in [2.24, 2.45) is 0 Å². The van der Waals surface area contributed by atoms with Gasteiger partial charge in [-0.3, -0.25) is 14.9 Å². The van der Waals surface area contributed by atoms with Crippen LogP contribution in [0.2, 0.25) is 0 Å². The lowest BCUT2D eigenvalue weighted by Crippen LogP contribution is -2.19. The number of nitro groups is 1. The maximum absolute atomic E-state index is 12.4. The van der Waals surface area contributed by atoms with Crippen molar-refractivity contribution in [1.82, 2.24) is 0 Å². The molecule has 0 atom stereocenters. The number of rotatable bonds is 4. The Labute approximate surface area is 151 Å². The number of nitriles is 1. The summed E-state index contributed by atoms with van der Waals surface area (Å²) in [6.07, 6.45) is 3.83. The van der Waals surface area contributed by atoms with E-state index in [1.165, 1.54) is 6.07 Å². The molecule has 2 aromatic carbocycles. The fourth-order valence-corrected chi connectivity index (χ4v) is 3.47. The average molecular weight is 349 g/mol. The number of nitrogens with zero attached hydrogens (tertiary/aromatic N) is 2. The van der Waals surface area contributed by atoms with Crippen LogP contribution in [0.5, 0.6) is 0 Å². The molecule has 132 valence electrons. The molecule has 0 unspecified atom stereocenters. The van der Waals surface area contributed by atoms with E-state index >= 15 is 0 Å². The van der Waals surface area contributed by atoms with Crippen LogP contribution in [0.1, 0.15) is 47.2 Å². The number of carbonyl (C=O) groups excluding carboxylic acids is 1. The van der Waals surface area contributed by atoms with Crippen molar-refractivity contribution >= 4 is 17.3 Å². The monoisotopic (exact) mass is 349 g/mol. The Morgan fingerprint density at radius 1 is 1.19 bits per heavy atom. The van der Waals surface area contributed by atoms with E-state index in [0.717, 1.165) is 31.2 Å². The van der Waals surface area contributed by atoms with E-state index in [0.29, 0.717) is 11.3 Å². The second-order valence-electron chi connectivity index (χ2n) is 6.69. The number of benzene rings is 2. The molecule has 0 spiro atoms. The summed E-state index contributed by atoms with van der Waals surface area (Å²) in [4.78, 5) is 22.9. The molecule has 6 heteroatoms. The highest BCUT2D eigenvalue weighted by molar-refractivity contribution is 6.04. The zero-order valence-electron chi connectivity index (χ0n) is 14.5. The second kappa shape index (κ2) is 6.96. The molecule has 1 N–H and O–H groups in total. The average Bonchev–Trinajstić information content (AvgIpc) is 3.12. The quantitative estimate of drug-likeness (QED) is 0.649. The van der Waals surface area contributed by atoms with E-state index in [4.69, 9.17) is 0 Å². The lowest BCUT2D eigenvalue weighted by molar-refractivity contribution is -0.385. The minimum Gasteiger partial charge on any atom is -0.322 e. The van der Waals surface area contributed by atoms with Crippen LogP contribution < -0.4 is 5.32 Å². The van der Waals surface area contributed by atoms with E-state index < -0.39 is 16.2 Å². The molecule has 0 aromatic heterocycles. The molecule has 1 saturated carbocycles. The van der Waals surface area contributed by atoms with Gasteiger partial charge in [0.25, 0.3) is 11.6 Å². The summed E-state index contributed by atoms with van der Waals surface area (Å²) in [5.41, 5.74) is 1.81. The Morgan fingerprint density at radius 2 is 1.85 bits per heavy atom. The number of hydrogen-bond donors (Lipinski definition) is 1. The van der Waals surface area contributed by atoms with Crippen LogP contribution in [0.3, 0.4) is 0 Å². The highest BCUT2D eigenvalue weighted by Crippen LogP contribution is 2.40. The molecule has 26 heavy (non-hydrogen) atoms. The van der Waals surface area contributed by atoms with E-state index in [9.17, 15) is 20.2 Å². The summed E-state index contributed by atoms with van der Waals surface area (Å²) < 4.78 is 0. The first-order valence-electron chi connectivity index (χ1n) is 8.53. The highest BCUT2D eigenvalue weighted by atomic mass is 16.6. The normalized spacial score (nSPS) is 15.2. The third-order valence-corrected chi connectivity index (χ3v) is 5.03. The summed E-state index contributed by atoms with van der Waals surface area (Å²) in [5.74, 6) is -0.406. The van der Waals surface area contributed by atoms with Gasteiger partial charge in [-0.1, -0.05) is 31.0 Å². The Hall–Kier alpha value is -3.20. The topological polar surface area (TPSA) is 96.0 Å². The summed E-state index contributed by atoms with van der Waals surface area (Å²) in [7, 11) is 0. The lowest BCUT2D eigenvalue weighted by Gasteiger charge is -2.21. The van der Waals surface area contributed by atoms with Crippen molar-refractivity contribution in [3.05, 3.63) is 69.3 Å². The van der Waals surface area contributed by atoms with Gasteiger partial charge in [0.05, 0.1) is 16.4 Å². The largest absolute Gasteiger partial charge is 0.322 e. The van der Waals surface area contributed by atoms with Gasteiger partial charge in [-0.15, -0.1) is 0 Å². The Bertz CT molecular complexity index is 892. The molecular formula is C20H19N3O3. The maximum Gasteiger partial charge on any atom is 0.273 e. The molecule has 3 rings (SSSR count). The molecule has 6 nitrogen and oxygen atoms in total. The first-order valence-corrected chi connectivity index (χ1v) is 8.53. The van der Waals surface area contributed by atoms with E-state index in [1.807, 2.05) is 12.1 Å². The number of anilines is 1. The fraction of sp³-hybridized carbons (Fsp3) is 0.300. The molecule has 0 radical (unpaired) electrons. The molecule has 1 amide bonds. The fourth-order valence-electron chi connectivity index (χ4n) is 3.47. The van der Waals surface area contributed by atoms with Gasteiger partial charge in [0.2, 0.25) is 0 Å². The summed E-state index contributed by atoms with van der Waals surface area (Å²) in [6.45, 7) is 1.63. The van der Waals surface area contributed by atoms with Crippen LogP contribution in [0.25, 0.3) is 0 Å². The number of hydrogen-bond acceptors (Lipinski definition) is 4.